The van der Waals surface area contributed by atoms with Gasteiger partial charge in [-0.3, -0.25) is 4.79 Å². The van der Waals surface area contributed by atoms with Crippen molar-refractivity contribution in [3.05, 3.63) is 34.6 Å². The van der Waals surface area contributed by atoms with Gasteiger partial charge in [0.25, 0.3) is 0 Å². The molecule has 0 saturated heterocycles. The highest BCUT2D eigenvalue weighted by molar-refractivity contribution is 6.30. The molecule has 1 amide bonds. The van der Waals surface area contributed by atoms with E-state index in [-0.39, 0.29) is 17.0 Å². The van der Waals surface area contributed by atoms with Gasteiger partial charge >= 0.3 is 0 Å². The van der Waals surface area contributed by atoms with Crippen molar-refractivity contribution in [1.29, 1.82) is 0 Å². The first-order valence-corrected chi connectivity index (χ1v) is 7.24. The van der Waals surface area contributed by atoms with Crippen molar-refractivity contribution < 1.29 is 9.18 Å². The standard InChI is InChI=1S/C15H22ClFN2O/c1-4-15(5-2,9-18)14(20)19-10(3)11-6-7-13(17)12(16)8-11/h6-8,10H,4-5,9,18H2,1-3H3,(H,19,20). The van der Waals surface area contributed by atoms with Crippen LogP contribution < -0.4 is 11.1 Å². The summed E-state index contributed by atoms with van der Waals surface area (Å²) in [7, 11) is 0. The van der Waals surface area contributed by atoms with Crippen molar-refractivity contribution in [3.63, 3.8) is 0 Å². The zero-order valence-electron chi connectivity index (χ0n) is 12.2. The average Bonchev–Trinajstić information content (AvgIpc) is 2.44. The largest absolute Gasteiger partial charge is 0.349 e. The molecule has 0 aliphatic carbocycles. The fraction of sp³-hybridized carbons (Fsp3) is 0.533. The first-order chi connectivity index (χ1) is 9.40. The molecule has 0 radical (unpaired) electrons. The highest BCUT2D eigenvalue weighted by Gasteiger charge is 2.34. The van der Waals surface area contributed by atoms with E-state index in [9.17, 15) is 9.18 Å². The Morgan fingerprint density at radius 2 is 2.05 bits per heavy atom. The Morgan fingerprint density at radius 3 is 2.50 bits per heavy atom. The van der Waals surface area contributed by atoms with Crippen LogP contribution in [0.4, 0.5) is 4.39 Å². The number of nitrogens with two attached hydrogens (primary N) is 1. The fourth-order valence-corrected chi connectivity index (χ4v) is 2.36. The lowest BCUT2D eigenvalue weighted by molar-refractivity contribution is -0.131. The number of nitrogens with one attached hydrogen (secondary N) is 1. The molecule has 0 bridgehead atoms. The SMILES string of the molecule is CCC(CC)(CN)C(=O)NC(C)c1ccc(F)c(Cl)c1. The molecule has 0 heterocycles. The van der Waals surface area contributed by atoms with Crippen LogP contribution in [0.5, 0.6) is 0 Å². The number of hydrogen-bond acceptors (Lipinski definition) is 2. The highest BCUT2D eigenvalue weighted by Crippen LogP contribution is 2.27. The molecule has 1 aromatic rings. The molecule has 0 aromatic heterocycles. The van der Waals surface area contributed by atoms with Gasteiger partial charge in [-0.2, -0.15) is 0 Å². The molecular weight excluding hydrogens is 279 g/mol. The molecule has 20 heavy (non-hydrogen) atoms. The molecule has 3 N–H and O–H groups in total. The second-order valence-corrected chi connectivity index (χ2v) is 5.47. The van der Waals surface area contributed by atoms with Crippen LogP contribution >= 0.6 is 11.6 Å². The number of carbonyl (C=O) groups excluding carboxylic acids is 1. The molecule has 0 spiro atoms. The van der Waals surface area contributed by atoms with Crippen molar-refractivity contribution in [2.45, 2.75) is 39.7 Å². The molecule has 1 rings (SSSR count). The maximum absolute atomic E-state index is 13.1. The lowest BCUT2D eigenvalue weighted by Gasteiger charge is -2.30. The minimum absolute atomic E-state index is 0.0553. The first kappa shape index (κ1) is 16.9. The van der Waals surface area contributed by atoms with E-state index in [1.165, 1.54) is 12.1 Å². The summed E-state index contributed by atoms with van der Waals surface area (Å²) >= 11 is 5.76. The van der Waals surface area contributed by atoms with Crippen LogP contribution in [0.15, 0.2) is 18.2 Å². The van der Waals surface area contributed by atoms with Crippen molar-refractivity contribution in [1.82, 2.24) is 5.32 Å². The minimum atomic E-state index is -0.544. The molecule has 0 fully saturated rings. The molecule has 1 unspecified atom stereocenters. The Kier molecular flexibility index (Phi) is 5.96. The van der Waals surface area contributed by atoms with Crippen molar-refractivity contribution in [2.75, 3.05) is 6.54 Å². The van der Waals surface area contributed by atoms with E-state index in [0.29, 0.717) is 19.4 Å². The Morgan fingerprint density at radius 1 is 1.45 bits per heavy atom. The summed E-state index contributed by atoms with van der Waals surface area (Å²) in [6.45, 7) is 6.06. The predicted octanol–water partition coefficient (Wildman–Crippen LogP) is 3.42. The summed E-state index contributed by atoms with van der Waals surface area (Å²) in [6.07, 6.45) is 1.37. The van der Waals surface area contributed by atoms with Gasteiger partial charge in [0.05, 0.1) is 16.5 Å². The van der Waals surface area contributed by atoms with Gasteiger partial charge in [-0.05, 0) is 37.5 Å². The smallest absolute Gasteiger partial charge is 0.227 e. The van der Waals surface area contributed by atoms with Gasteiger partial charge in [-0.1, -0.05) is 31.5 Å². The topological polar surface area (TPSA) is 55.1 Å². The van der Waals surface area contributed by atoms with E-state index in [1.807, 2.05) is 20.8 Å². The van der Waals surface area contributed by atoms with Crippen molar-refractivity contribution in [3.8, 4) is 0 Å². The van der Waals surface area contributed by atoms with Gasteiger partial charge in [0.15, 0.2) is 0 Å². The molecular formula is C15H22ClFN2O. The van der Waals surface area contributed by atoms with E-state index in [2.05, 4.69) is 5.32 Å². The van der Waals surface area contributed by atoms with Gasteiger partial charge in [0, 0.05) is 6.54 Å². The van der Waals surface area contributed by atoms with Crippen LogP contribution in [0.25, 0.3) is 0 Å². The number of benzene rings is 1. The van der Waals surface area contributed by atoms with Crippen molar-refractivity contribution >= 4 is 17.5 Å². The van der Waals surface area contributed by atoms with Gasteiger partial charge in [0.2, 0.25) is 5.91 Å². The molecule has 3 nitrogen and oxygen atoms in total. The van der Waals surface area contributed by atoms with E-state index in [1.54, 1.807) is 6.07 Å². The van der Waals surface area contributed by atoms with E-state index in [0.717, 1.165) is 5.56 Å². The summed E-state index contributed by atoms with van der Waals surface area (Å²) in [5, 5.41) is 2.99. The van der Waals surface area contributed by atoms with Gasteiger partial charge in [-0.15, -0.1) is 0 Å². The van der Waals surface area contributed by atoms with E-state index >= 15 is 0 Å². The maximum Gasteiger partial charge on any atom is 0.227 e. The number of halogens is 2. The normalized spacial score (nSPS) is 13.1. The summed E-state index contributed by atoms with van der Waals surface area (Å²) in [6, 6.07) is 4.21. The summed E-state index contributed by atoms with van der Waals surface area (Å²) in [5.74, 6) is -0.537. The molecule has 112 valence electrons. The molecule has 0 aliphatic rings. The average molecular weight is 301 g/mol. The lowest BCUT2D eigenvalue weighted by atomic mass is 9.81. The lowest BCUT2D eigenvalue weighted by Crippen LogP contribution is -2.46. The molecule has 0 saturated carbocycles. The van der Waals surface area contributed by atoms with E-state index in [4.69, 9.17) is 17.3 Å². The number of carbonyl (C=O) groups is 1. The third-order valence-electron chi connectivity index (χ3n) is 4.02. The fourth-order valence-electron chi connectivity index (χ4n) is 2.17. The van der Waals surface area contributed by atoms with Crippen LogP contribution in [-0.2, 0) is 4.79 Å². The molecule has 5 heteroatoms. The highest BCUT2D eigenvalue weighted by atomic mass is 35.5. The Hall–Kier alpha value is -1.13. The van der Waals surface area contributed by atoms with Gasteiger partial charge in [-0.25, -0.2) is 4.39 Å². The van der Waals surface area contributed by atoms with Gasteiger partial charge in [0.1, 0.15) is 5.82 Å². The number of rotatable bonds is 6. The van der Waals surface area contributed by atoms with Crippen LogP contribution in [0.2, 0.25) is 5.02 Å². The summed E-state index contributed by atoms with van der Waals surface area (Å²) in [4.78, 5) is 12.4. The van der Waals surface area contributed by atoms with Crippen LogP contribution in [-0.4, -0.2) is 12.5 Å². The molecule has 0 aliphatic heterocycles. The number of hydrogen-bond donors (Lipinski definition) is 2. The Labute approximate surface area is 124 Å². The third-order valence-corrected chi connectivity index (χ3v) is 4.31. The predicted molar refractivity (Wildman–Crippen MR) is 80.0 cm³/mol. The maximum atomic E-state index is 13.1. The third kappa shape index (κ3) is 3.49. The monoisotopic (exact) mass is 300 g/mol. The zero-order chi connectivity index (χ0) is 15.3. The van der Waals surface area contributed by atoms with E-state index < -0.39 is 11.2 Å². The van der Waals surface area contributed by atoms with Crippen LogP contribution in [0.3, 0.4) is 0 Å². The summed E-state index contributed by atoms with van der Waals surface area (Å²) in [5.41, 5.74) is 5.98. The first-order valence-electron chi connectivity index (χ1n) is 6.86. The van der Waals surface area contributed by atoms with Crippen molar-refractivity contribution in [2.24, 2.45) is 11.1 Å². The Balaban J connectivity index is 2.86. The quantitative estimate of drug-likeness (QED) is 0.846. The Bertz CT molecular complexity index is 467. The molecule has 1 aromatic carbocycles. The second-order valence-electron chi connectivity index (χ2n) is 5.06. The summed E-state index contributed by atoms with van der Waals surface area (Å²) < 4.78 is 13.1. The zero-order valence-corrected chi connectivity index (χ0v) is 12.9. The van der Waals surface area contributed by atoms with Gasteiger partial charge < -0.3 is 11.1 Å². The number of amides is 1. The van der Waals surface area contributed by atoms with Crippen LogP contribution in [0.1, 0.15) is 45.2 Å². The van der Waals surface area contributed by atoms with Crippen LogP contribution in [0, 0.1) is 11.2 Å². The minimum Gasteiger partial charge on any atom is -0.349 e. The molecule has 1 atom stereocenters. The second kappa shape index (κ2) is 7.04.